The Morgan fingerprint density at radius 1 is 1.57 bits per heavy atom. The molecular formula is C15H19N3O2S. The van der Waals surface area contributed by atoms with E-state index in [1.54, 1.807) is 5.38 Å². The molecule has 1 saturated heterocycles. The molecule has 3 heterocycles. The van der Waals surface area contributed by atoms with Gasteiger partial charge in [0.1, 0.15) is 11.5 Å². The summed E-state index contributed by atoms with van der Waals surface area (Å²) < 4.78 is 5.53. The second kappa shape index (κ2) is 6.41. The summed E-state index contributed by atoms with van der Waals surface area (Å²) in [7, 11) is 0. The zero-order valence-corrected chi connectivity index (χ0v) is 12.8. The lowest BCUT2D eigenvalue weighted by atomic mass is 10.00. The first-order valence-corrected chi connectivity index (χ1v) is 8.11. The highest BCUT2D eigenvalue weighted by molar-refractivity contribution is 7.13. The topological polar surface area (TPSA) is 67.2 Å². The van der Waals surface area contributed by atoms with E-state index in [0.717, 1.165) is 23.9 Å². The molecule has 3 rings (SSSR count). The summed E-state index contributed by atoms with van der Waals surface area (Å²) in [5.41, 5.74) is 0.466. The maximum absolute atomic E-state index is 12.1. The van der Waals surface area contributed by atoms with Crippen LogP contribution in [0.4, 0.5) is 0 Å². The van der Waals surface area contributed by atoms with Crippen molar-refractivity contribution in [3.05, 3.63) is 29.0 Å². The van der Waals surface area contributed by atoms with Crippen molar-refractivity contribution in [3.63, 3.8) is 0 Å². The number of piperidine rings is 1. The molecule has 21 heavy (non-hydrogen) atoms. The first-order chi connectivity index (χ1) is 10.2. The van der Waals surface area contributed by atoms with E-state index in [2.05, 4.69) is 15.6 Å². The summed E-state index contributed by atoms with van der Waals surface area (Å²) in [5, 5.41) is 8.84. The Morgan fingerprint density at radius 3 is 3.19 bits per heavy atom. The fourth-order valence-corrected chi connectivity index (χ4v) is 3.23. The van der Waals surface area contributed by atoms with Crippen molar-refractivity contribution in [3.8, 4) is 10.8 Å². The van der Waals surface area contributed by atoms with Gasteiger partial charge in [0.2, 0.25) is 0 Å². The van der Waals surface area contributed by atoms with Gasteiger partial charge >= 0.3 is 0 Å². The molecule has 0 radical (unpaired) electrons. The fraction of sp³-hybridized carbons (Fsp3) is 0.467. The first kappa shape index (κ1) is 14.3. The maximum atomic E-state index is 12.1. The van der Waals surface area contributed by atoms with Gasteiger partial charge in [0.25, 0.3) is 5.91 Å². The van der Waals surface area contributed by atoms with E-state index in [1.165, 1.54) is 24.2 Å². The van der Waals surface area contributed by atoms with Crippen LogP contribution in [-0.2, 0) is 0 Å². The largest absolute Gasteiger partial charge is 0.459 e. The minimum absolute atomic E-state index is 0.105. The third kappa shape index (κ3) is 3.51. The van der Waals surface area contributed by atoms with Crippen molar-refractivity contribution in [1.82, 2.24) is 15.6 Å². The SMILES string of the molecule is Cc1ccc(-c2nc(C(=O)NCC3CCCNC3)cs2)o1. The Bertz CT molecular complexity index is 614. The van der Waals surface area contributed by atoms with E-state index in [-0.39, 0.29) is 5.91 Å². The number of amides is 1. The van der Waals surface area contributed by atoms with Crippen molar-refractivity contribution in [2.24, 2.45) is 5.92 Å². The third-order valence-corrected chi connectivity index (χ3v) is 4.50. The number of furan rings is 1. The molecule has 1 amide bonds. The zero-order valence-electron chi connectivity index (χ0n) is 12.0. The number of carbonyl (C=O) groups excluding carboxylic acids is 1. The lowest BCUT2D eigenvalue weighted by molar-refractivity contribution is 0.0940. The molecule has 6 heteroatoms. The number of rotatable bonds is 4. The van der Waals surface area contributed by atoms with Gasteiger partial charge in [-0.2, -0.15) is 0 Å². The first-order valence-electron chi connectivity index (χ1n) is 7.23. The molecule has 2 N–H and O–H groups in total. The Labute approximate surface area is 127 Å². The number of hydrogen-bond acceptors (Lipinski definition) is 5. The molecule has 5 nitrogen and oxygen atoms in total. The van der Waals surface area contributed by atoms with Gasteiger partial charge in [-0.3, -0.25) is 4.79 Å². The van der Waals surface area contributed by atoms with Crippen LogP contribution in [0.3, 0.4) is 0 Å². The summed E-state index contributed by atoms with van der Waals surface area (Å²) in [6.45, 7) is 4.66. The van der Waals surface area contributed by atoms with Crippen LogP contribution in [0, 0.1) is 12.8 Å². The van der Waals surface area contributed by atoms with Gasteiger partial charge in [0, 0.05) is 11.9 Å². The molecule has 112 valence electrons. The highest BCUT2D eigenvalue weighted by Gasteiger charge is 2.17. The van der Waals surface area contributed by atoms with E-state index in [1.807, 2.05) is 19.1 Å². The standard InChI is InChI=1S/C15H19N3O2S/c1-10-4-5-13(20-10)15-18-12(9-21-15)14(19)17-8-11-3-2-6-16-7-11/h4-5,9,11,16H,2-3,6-8H2,1H3,(H,17,19). The van der Waals surface area contributed by atoms with Crippen LogP contribution in [0.1, 0.15) is 29.1 Å². The lowest BCUT2D eigenvalue weighted by Gasteiger charge is -2.22. The molecule has 2 aromatic rings. The number of aromatic nitrogens is 1. The van der Waals surface area contributed by atoms with E-state index < -0.39 is 0 Å². The van der Waals surface area contributed by atoms with E-state index in [4.69, 9.17) is 4.42 Å². The van der Waals surface area contributed by atoms with Gasteiger partial charge in [-0.05, 0) is 50.9 Å². The van der Waals surface area contributed by atoms with Crippen molar-refractivity contribution in [2.75, 3.05) is 19.6 Å². The van der Waals surface area contributed by atoms with Gasteiger partial charge in [-0.25, -0.2) is 4.98 Å². The summed E-state index contributed by atoms with van der Waals surface area (Å²) in [4.78, 5) is 16.5. The summed E-state index contributed by atoms with van der Waals surface area (Å²) in [5.74, 6) is 1.98. The van der Waals surface area contributed by atoms with Crippen LogP contribution >= 0.6 is 11.3 Å². The van der Waals surface area contributed by atoms with Crippen molar-refractivity contribution in [2.45, 2.75) is 19.8 Å². The molecule has 1 fully saturated rings. The molecule has 0 spiro atoms. The molecule has 0 aliphatic carbocycles. The normalized spacial score (nSPS) is 18.6. The average molecular weight is 305 g/mol. The van der Waals surface area contributed by atoms with Crippen molar-refractivity contribution in [1.29, 1.82) is 0 Å². The molecule has 0 saturated carbocycles. The van der Waals surface area contributed by atoms with Gasteiger partial charge in [-0.15, -0.1) is 11.3 Å². The minimum atomic E-state index is -0.105. The number of aryl methyl sites for hydroxylation is 1. The lowest BCUT2D eigenvalue weighted by Crippen LogP contribution is -2.38. The highest BCUT2D eigenvalue weighted by Crippen LogP contribution is 2.25. The van der Waals surface area contributed by atoms with Crippen LogP contribution in [0.5, 0.6) is 0 Å². The summed E-state index contributed by atoms with van der Waals surface area (Å²) >= 11 is 1.43. The van der Waals surface area contributed by atoms with Crippen molar-refractivity contribution >= 4 is 17.2 Å². The maximum Gasteiger partial charge on any atom is 0.270 e. The van der Waals surface area contributed by atoms with Gasteiger partial charge < -0.3 is 15.1 Å². The number of hydrogen-bond donors (Lipinski definition) is 2. The fourth-order valence-electron chi connectivity index (χ4n) is 2.47. The second-order valence-electron chi connectivity index (χ2n) is 5.37. The Balaban J connectivity index is 1.59. The Morgan fingerprint density at radius 2 is 2.48 bits per heavy atom. The van der Waals surface area contributed by atoms with Crippen LogP contribution in [0.15, 0.2) is 21.9 Å². The van der Waals surface area contributed by atoms with Gasteiger partial charge in [0.15, 0.2) is 10.8 Å². The molecule has 0 aromatic carbocycles. The predicted octanol–water partition coefficient (Wildman–Crippen LogP) is 2.44. The van der Waals surface area contributed by atoms with Crippen LogP contribution < -0.4 is 10.6 Å². The van der Waals surface area contributed by atoms with Crippen LogP contribution in [0.25, 0.3) is 10.8 Å². The molecule has 2 aromatic heterocycles. The Kier molecular flexibility index (Phi) is 4.36. The van der Waals surface area contributed by atoms with Crippen LogP contribution in [-0.4, -0.2) is 30.5 Å². The molecular weight excluding hydrogens is 286 g/mol. The smallest absolute Gasteiger partial charge is 0.270 e. The average Bonchev–Trinajstić information content (AvgIpc) is 3.14. The summed E-state index contributed by atoms with van der Waals surface area (Å²) in [6.07, 6.45) is 2.35. The summed E-state index contributed by atoms with van der Waals surface area (Å²) in [6, 6.07) is 3.77. The molecule has 1 aliphatic rings. The van der Waals surface area contributed by atoms with Crippen molar-refractivity contribution < 1.29 is 9.21 Å². The number of nitrogens with one attached hydrogen (secondary N) is 2. The molecule has 0 bridgehead atoms. The van der Waals surface area contributed by atoms with Gasteiger partial charge in [0.05, 0.1) is 0 Å². The molecule has 1 atom stereocenters. The van der Waals surface area contributed by atoms with E-state index in [0.29, 0.717) is 23.9 Å². The quantitative estimate of drug-likeness (QED) is 0.910. The van der Waals surface area contributed by atoms with E-state index in [9.17, 15) is 4.79 Å². The molecule has 1 unspecified atom stereocenters. The predicted molar refractivity (Wildman–Crippen MR) is 82.5 cm³/mol. The van der Waals surface area contributed by atoms with Gasteiger partial charge in [-0.1, -0.05) is 0 Å². The number of thiazole rings is 1. The molecule has 1 aliphatic heterocycles. The number of nitrogens with zero attached hydrogens (tertiary/aromatic N) is 1. The zero-order chi connectivity index (χ0) is 14.7. The number of carbonyl (C=O) groups is 1. The highest BCUT2D eigenvalue weighted by atomic mass is 32.1. The van der Waals surface area contributed by atoms with Crippen LogP contribution in [0.2, 0.25) is 0 Å². The minimum Gasteiger partial charge on any atom is -0.459 e. The van der Waals surface area contributed by atoms with E-state index >= 15 is 0 Å². The Hall–Kier alpha value is -1.66. The monoisotopic (exact) mass is 305 g/mol. The second-order valence-corrected chi connectivity index (χ2v) is 6.23. The third-order valence-electron chi connectivity index (χ3n) is 3.64.